The summed E-state index contributed by atoms with van der Waals surface area (Å²) in [7, 11) is 3.24. The first-order valence-corrected chi connectivity index (χ1v) is 13.6. The number of halogens is 1. The highest BCUT2D eigenvalue weighted by Crippen LogP contribution is 2.29. The fourth-order valence-electron chi connectivity index (χ4n) is 4.32. The minimum Gasteiger partial charge on any atom is -0.497 e. The number of nitrogens with zero attached hydrogens (tertiary/aromatic N) is 1. The van der Waals surface area contributed by atoms with Gasteiger partial charge < -0.3 is 29.4 Å². The first-order chi connectivity index (χ1) is 19.0. The van der Waals surface area contributed by atoms with Crippen molar-refractivity contribution in [2.24, 2.45) is 4.99 Å². The Morgan fingerprint density at radius 1 is 1.05 bits per heavy atom. The van der Waals surface area contributed by atoms with E-state index in [0.29, 0.717) is 44.1 Å². The van der Waals surface area contributed by atoms with E-state index in [1.54, 1.807) is 14.2 Å². The van der Waals surface area contributed by atoms with Crippen LogP contribution >= 0.6 is 15.9 Å². The number of hydrogen-bond donors (Lipinski definition) is 2. The molecule has 9 heteroatoms. The van der Waals surface area contributed by atoms with E-state index in [-0.39, 0.29) is 19.1 Å². The number of hydrogen-bond acceptors (Lipinski definition) is 7. The third-order valence-electron chi connectivity index (χ3n) is 6.44. The van der Waals surface area contributed by atoms with E-state index in [1.807, 2.05) is 66.7 Å². The normalized spacial score (nSPS) is 16.3. The van der Waals surface area contributed by atoms with Crippen LogP contribution < -0.4 is 19.5 Å². The van der Waals surface area contributed by atoms with Crippen LogP contribution in [0.25, 0.3) is 0 Å². The predicted octanol–water partition coefficient (Wildman–Crippen LogP) is 4.34. The number of methoxy groups -OCH3 is 2. The van der Waals surface area contributed by atoms with Gasteiger partial charge in [-0.05, 0) is 72.1 Å². The van der Waals surface area contributed by atoms with Crippen molar-refractivity contribution in [1.82, 2.24) is 5.32 Å². The SMILES string of the molecule is COc1ccc(OC)c(CCNC(=O)[C@@]2(Cc3ccc(Br)cc3)COC(c3ccc(OCCCO)cc3)=N2)c1. The predicted molar refractivity (Wildman–Crippen MR) is 153 cm³/mol. The number of aliphatic hydroxyl groups excluding tert-OH is 1. The van der Waals surface area contributed by atoms with Crippen LogP contribution in [0, 0.1) is 0 Å². The van der Waals surface area contributed by atoms with Crippen molar-refractivity contribution >= 4 is 27.7 Å². The molecule has 0 aromatic heterocycles. The molecule has 0 bridgehead atoms. The Balaban J connectivity index is 1.52. The number of nitrogens with one attached hydrogen (secondary N) is 1. The molecule has 0 saturated carbocycles. The first kappa shape index (κ1) is 28.4. The fourth-order valence-corrected chi connectivity index (χ4v) is 4.59. The molecular weight excluding hydrogens is 564 g/mol. The maximum Gasteiger partial charge on any atom is 0.251 e. The molecule has 1 amide bonds. The van der Waals surface area contributed by atoms with Crippen LogP contribution in [0.15, 0.2) is 76.2 Å². The molecule has 0 unspecified atom stereocenters. The lowest BCUT2D eigenvalue weighted by Crippen LogP contribution is -2.49. The summed E-state index contributed by atoms with van der Waals surface area (Å²) >= 11 is 3.47. The van der Waals surface area contributed by atoms with Gasteiger partial charge in [-0.25, -0.2) is 4.99 Å². The van der Waals surface area contributed by atoms with Crippen LogP contribution in [0.1, 0.15) is 23.1 Å². The van der Waals surface area contributed by atoms with Crippen LogP contribution in [0.4, 0.5) is 0 Å². The zero-order valence-corrected chi connectivity index (χ0v) is 23.7. The van der Waals surface area contributed by atoms with E-state index in [4.69, 9.17) is 29.0 Å². The summed E-state index contributed by atoms with van der Waals surface area (Å²) in [5.74, 6) is 2.37. The van der Waals surface area contributed by atoms with Gasteiger partial charge in [0.05, 0.1) is 20.8 Å². The number of ether oxygens (including phenoxy) is 4. The van der Waals surface area contributed by atoms with Gasteiger partial charge in [-0.1, -0.05) is 28.1 Å². The van der Waals surface area contributed by atoms with Gasteiger partial charge in [0.15, 0.2) is 5.54 Å². The van der Waals surface area contributed by atoms with Crippen LogP contribution in [-0.4, -0.2) is 63.0 Å². The molecule has 206 valence electrons. The van der Waals surface area contributed by atoms with Crippen molar-refractivity contribution in [3.8, 4) is 17.2 Å². The third kappa shape index (κ3) is 7.30. The maximum absolute atomic E-state index is 13.7. The summed E-state index contributed by atoms with van der Waals surface area (Å²) in [6, 6.07) is 20.8. The fraction of sp³-hybridized carbons (Fsp3) is 0.333. The smallest absolute Gasteiger partial charge is 0.251 e. The number of aliphatic imine (C=N–C) groups is 1. The standard InChI is InChI=1S/C30H33BrN2O6/c1-36-26-12-13-27(37-2)23(18-26)14-15-32-29(35)30(19-21-4-8-24(31)9-5-21)20-39-28(33-30)22-6-10-25(11-7-22)38-17-3-16-34/h4-13,18,34H,3,14-17,19-20H2,1-2H3,(H,32,35)/t30-/m1/s1. The number of benzene rings is 3. The van der Waals surface area contributed by atoms with Crippen molar-refractivity contribution in [3.05, 3.63) is 87.9 Å². The molecule has 1 atom stereocenters. The van der Waals surface area contributed by atoms with E-state index >= 15 is 0 Å². The number of aliphatic hydroxyl groups is 1. The summed E-state index contributed by atoms with van der Waals surface area (Å²) in [5.41, 5.74) is 1.56. The molecule has 8 nitrogen and oxygen atoms in total. The quantitative estimate of drug-likeness (QED) is 0.285. The molecule has 0 aliphatic carbocycles. The Bertz CT molecular complexity index is 1280. The molecule has 1 aliphatic rings. The molecule has 0 saturated heterocycles. The lowest BCUT2D eigenvalue weighted by Gasteiger charge is -2.23. The minimum absolute atomic E-state index is 0.0817. The lowest BCUT2D eigenvalue weighted by molar-refractivity contribution is -0.126. The van der Waals surface area contributed by atoms with Gasteiger partial charge in [-0.15, -0.1) is 0 Å². The average Bonchev–Trinajstić information content (AvgIpc) is 3.40. The Kier molecular flexibility index (Phi) is 9.84. The third-order valence-corrected chi connectivity index (χ3v) is 6.96. The van der Waals surface area contributed by atoms with Gasteiger partial charge in [0.25, 0.3) is 5.91 Å². The van der Waals surface area contributed by atoms with E-state index in [1.165, 1.54) is 0 Å². The Labute approximate surface area is 237 Å². The Hall–Kier alpha value is -3.56. The van der Waals surface area contributed by atoms with Gasteiger partial charge in [-0.2, -0.15) is 0 Å². The molecule has 39 heavy (non-hydrogen) atoms. The van der Waals surface area contributed by atoms with Crippen molar-refractivity contribution in [2.45, 2.75) is 24.8 Å². The van der Waals surface area contributed by atoms with E-state index in [2.05, 4.69) is 21.2 Å². The van der Waals surface area contributed by atoms with Crippen molar-refractivity contribution in [2.75, 3.05) is 40.6 Å². The van der Waals surface area contributed by atoms with Gasteiger partial charge >= 0.3 is 0 Å². The number of carbonyl (C=O) groups excluding carboxylic acids is 1. The topological polar surface area (TPSA) is 98.6 Å². The number of carbonyl (C=O) groups is 1. The molecule has 0 fully saturated rings. The zero-order chi connectivity index (χ0) is 27.7. The second-order valence-corrected chi connectivity index (χ2v) is 10.1. The van der Waals surface area contributed by atoms with Gasteiger partial charge in [0.2, 0.25) is 5.90 Å². The molecule has 0 spiro atoms. The minimum atomic E-state index is -1.11. The van der Waals surface area contributed by atoms with Crippen molar-refractivity contribution < 1.29 is 28.8 Å². The summed E-state index contributed by atoms with van der Waals surface area (Å²) in [5, 5.41) is 12.0. The summed E-state index contributed by atoms with van der Waals surface area (Å²) in [6.45, 7) is 1.04. The van der Waals surface area contributed by atoms with Crippen LogP contribution in [0.2, 0.25) is 0 Å². The Morgan fingerprint density at radius 2 is 1.79 bits per heavy atom. The molecule has 0 radical (unpaired) electrons. The maximum atomic E-state index is 13.7. The number of amides is 1. The molecule has 2 N–H and O–H groups in total. The van der Waals surface area contributed by atoms with Gasteiger partial charge in [0.1, 0.15) is 23.9 Å². The highest BCUT2D eigenvalue weighted by Gasteiger charge is 2.44. The largest absolute Gasteiger partial charge is 0.497 e. The molecule has 3 aromatic carbocycles. The monoisotopic (exact) mass is 596 g/mol. The number of rotatable bonds is 13. The van der Waals surface area contributed by atoms with Gasteiger partial charge in [-0.3, -0.25) is 4.79 Å². The molecule has 4 rings (SSSR count). The van der Waals surface area contributed by atoms with Crippen LogP contribution in [-0.2, 0) is 22.4 Å². The lowest BCUT2D eigenvalue weighted by atomic mass is 9.91. The van der Waals surface area contributed by atoms with E-state index in [0.717, 1.165) is 32.7 Å². The van der Waals surface area contributed by atoms with Crippen molar-refractivity contribution in [3.63, 3.8) is 0 Å². The molecule has 1 heterocycles. The first-order valence-electron chi connectivity index (χ1n) is 12.8. The summed E-state index contributed by atoms with van der Waals surface area (Å²) in [4.78, 5) is 18.5. The van der Waals surface area contributed by atoms with Crippen LogP contribution in [0.3, 0.4) is 0 Å². The summed E-state index contributed by atoms with van der Waals surface area (Å²) < 4.78 is 23.4. The average molecular weight is 598 g/mol. The highest BCUT2D eigenvalue weighted by molar-refractivity contribution is 9.10. The Morgan fingerprint density at radius 3 is 2.49 bits per heavy atom. The molecule has 3 aromatic rings. The summed E-state index contributed by atoms with van der Waals surface area (Å²) in [6.07, 6.45) is 1.52. The highest BCUT2D eigenvalue weighted by atomic mass is 79.9. The zero-order valence-electron chi connectivity index (χ0n) is 22.1. The van der Waals surface area contributed by atoms with E-state index in [9.17, 15) is 4.79 Å². The van der Waals surface area contributed by atoms with Gasteiger partial charge in [0, 0.05) is 36.0 Å². The molecular formula is C30H33BrN2O6. The van der Waals surface area contributed by atoms with E-state index < -0.39 is 5.54 Å². The van der Waals surface area contributed by atoms with Crippen molar-refractivity contribution in [1.29, 1.82) is 0 Å². The van der Waals surface area contributed by atoms with Crippen LogP contribution in [0.5, 0.6) is 17.2 Å². The second-order valence-electron chi connectivity index (χ2n) is 9.17. The molecule has 1 aliphatic heterocycles. The second kappa shape index (κ2) is 13.5.